The Kier molecular flexibility index (Phi) is 3.59. The number of carbonyl (C=O) groups excluding carboxylic acids is 1. The Bertz CT molecular complexity index is 122. The zero-order chi connectivity index (χ0) is 7.28. The van der Waals surface area contributed by atoms with Crippen LogP contribution in [0.5, 0.6) is 0 Å². The first-order valence-electron chi connectivity index (χ1n) is 2.85. The molecule has 0 radical (unpaired) electrons. The van der Waals surface area contributed by atoms with Gasteiger partial charge in [-0.3, -0.25) is 0 Å². The third kappa shape index (κ3) is 2.79. The molecule has 4 nitrogen and oxygen atoms in total. The Morgan fingerprint density at radius 3 is 2.56 bits per heavy atom. The summed E-state index contributed by atoms with van der Waals surface area (Å²) in [5, 5.41) is 0. The summed E-state index contributed by atoms with van der Waals surface area (Å²) in [6.45, 7) is 3.87. The smallest absolute Gasteiger partial charge is 0.494 e. The van der Waals surface area contributed by atoms with Gasteiger partial charge in [-0.2, -0.15) is 4.79 Å². The Labute approximate surface area is 53.9 Å². The maximum Gasteiger partial charge on any atom is 0.585 e. The van der Waals surface area contributed by atoms with Crippen LogP contribution in [0.15, 0.2) is 0 Å². The Balaban J connectivity index is 3.60. The van der Waals surface area contributed by atoms with Crippen molar-refractivity contribution in [2.24, 2.45) is 0 Å². The van der Waals surface area contributed by atoms with E-state index in [1.807, 2.05) is 0 Å². The van der Waals surface area contributed by atoms with Crippen LogP contribution in [0.1, 0.15) is 13.8 Å². The van der Waals surface area contributed by atoms with Crippen LogP contribution in [-0.2, 0) is 4.74 Å². The van der Waals surface area contributed by atoms with Gasteiger partial charge in [-0.25, -0.2) is 4.70 Å². The Morgan fingerprint density at radius 1 is 1.67 bits per heavy atom. The van der Waals surface area contributed by atoms with Crippen molar-refractivity contribution in [1.82, 2.24) is 0 Å². The minimum absolute atomic E-state index is 0.249. The van der Waals surface area contributed by atoms with Crippen LogP contribution < -0.4 is 0 Å². The number of ether oxygens (including phenoxy) is 1. The molecule has 9 heavy (non-hydrogen) atoms. The fourth-order valence-corrected chi connectivity index (χ4v) is 0.327. The largest absolute Gasteiger partial charge is 0.585 e. The predicted molar refractivity (Wildman–Crippen MR) is 31.2 cm³/mol. The summed E-state index contributed by atoms with van der Waals surface area (Å²) >= 11 is 0. The molecule has 0 spiro atoms. The zero-order valence-electron chi connectivity index (χ0n) is 5.63. The van der Waals surface area contributed by atoms with Gasteiger partial charge in [-0.15, -0.1) is 0 Å². The molecule has 0 aromatic rings. The van der Waals surface area contributed by atoms with E-state index >= 15 is 0 Å². The highest BCUT2D eigenvalue weighted by Crippen LogP contribution is 1.83. The molecule has 0 aromatic heterocycles. The predicted octanol–water partition coefficient (Wildman–Crippen LogP) is 1.20. The van der Waals surface area contributed by atoms with E-state index in [4.69, 9.17) is 5.53 Å². The monoisotopic (exact) mass is 130 g/mol. The third-order valence-electron chi connectivity index (χ3n) is 0.778. The fraction of sp³-hybridized carbons (Fsp3) is 0.800. The second kappa shape index (κ2) is 4.00. The fourth-order valence-electron chi connectivity index (χ4n) is 0.327. The molecule has 0 rings (SSSR count). The number of rotatable bonds is 2. The molecule has 0 fully saturated rings. The van der Waals surface area contributed by atoms with Gasteiger partial charge in [-0.05, 0) is 13.8 Å². The molecule has 0 heterocycles. The van der Waals surface area contributed by atoms with E-state index in [0.717, 1.165) is 0 Å². The van der Waals surface area contributed by atoms with Gasteiger partial charge >= 0.3 is 6.09 Å². The molecule has 0 N–H and O–H groups in total. The van der Waals surface area contributed by atoms with Crippen molar-refractivity contribution < 1.29 is 14.2 Å². The number of hydrogen-bond acceptors (Lipinski definition) is 2. The van der Waals surface area contributed by atoms with Crippen LogP contribution >= 0.6 is 0 Å². The number of amides is 1. The first-order chi connectivity index (χ1) is 4.22. The molecule has 0 saturated carbocycles. The van der Waals surface area contributed by atoms with Gasteiger partial charge < -0.3 is 10.3 Å². The summed E-state index contributed by atoms with van der Waals surface area (Å²) in [6, 6.07) is 0. The summed E-state index contributed by atoms with van der Waals surface area (Å²) in [5.74, 6) is 0. The van der Waals surface area contributed by atoms with Crippen molar-refractivity contribution >= 4 is 6.09 Å². The highest BCUT2D eigenvalue weighted by molar-refractivity contribution is 5.56. The van der Waals surface area contributed by atoms with Crippen LogP contribution in [0.4, 0.5) is 4.79 Å². The molecule has 0 unspecified atom stereocenters. The standard InChI is InChI=1S/C5H10N2O2/c1-3-7(6)5(8)9-4-2/h3-4H2,1-2H3. The third-order valence-corrected chi connectivity index (χ3v) is 0.778. The Hall–Kier alpha value is -0.930. The SMILES string of the molecule is CCOC(=O)[N+](=[N-])CC. The van der Waals surface area contributed by atoms with Gasteiger partial charge in [0.05, 0.1) is 6.61 Å². The zero-order valence-corrected chi connectivity index (χ0v) is 5.63. The van der Waals surface area contributed by atoms with E-state index in [9.17, 15) is 4.79 Å². The lowest BCUT2D eigenvalue weighted by molar-refractivity contribution is -0.463. The lowest BCUT2D eigenvalue weighted by Crippen LogP contribution is -2.17. The van der Waals surface area contributed by atoms with Gasteiger partial charge in [0.15, 0.2) is 0 Å². The number of nitrogens with zero attached hydrogens (tertiary/aromatic N) is 2. The van der Waals surface area contributed by atoms with Crippen molar-refractivity contribution in [3.05, 3.63) is 5.53 Å². The molecule has 0 saturated heterocycles. The molecule has 0 atom stereocenters. The summed E-state index contributed by atoms with van der Waals surface area (Å²) in [6.07, 6.45) is -0.694. The summed E-state index contributed by atoms with van der Waals surface area (Å²) in [4.78, 5) is 10.4. The molecule has 0 aromatic carbocycles. The summed E-state index contributed by atoms with van der Waals surface area (Å²) < 4.78 is 4.95. The number of carbonyl (C=O) groups is 1. The van der Waals surface area contributed by atoms with Gasteiger partial charge in [0.2, 0.25) is 0 Å². The van der Waals surface area contributed by atoms with Crippen molar-refractivity contribution in [2.75, 3.05) is 13.2 Å². The van der Waals surface area contributed by atoms with E-state index < -0.39 is 6.09 Å². The minimum Gasteiger partial charge on any atom is -0.494 e. The molecule has 0 aliphatic carbocycles. The lowest BCUT2D eigenvalue weighted by Gasteiger charge is -1.98. The maximum atomic E-state index is 10.4. The summed E-state index contributed by atoms with van der Waals surface area (Å²) in [7, 11) is 0. The molecule has 1 amide bonds. The van der Waals surface area contributed by atoms with Gasteiger partial charge in [0.25, 0.3) is 0 Å². The maximum absolute atomic E-state index is 10.4. The highest BCUT2D eigenvalue weighted by Gasteiger charge is 2.07. The topological polar surface area (TPSA) is 51.6 Å². The normalized spacial score (nSPS) is 8.67. The lowest BCUT2D eigenvalue weighted by atomic mass is 10.7. The number of hydrogen-bond donors (Lipinski definition) is 0. The quantitative estimate of drug-likeness (QED) is 0.416. The van der Waals surface area contributed by atoms with Gasteiger partial charge in [0, 0.05) is 0 Å². The van der Waals surface area contributed by atoms with Crippen molar-refractivity contribution in [2.45, 2.75) is 13.8 Å². The van der Waals surface area contributed by atoms with Gasteiger partial charge in [-0.1, -0.05) is 0 Å². The first-order valence-corrected chi connectivity index (χ1v) is 2.85. The van der Waals surface area contributed by atoms with Gasteiger partial charge in [0.1, 0.15) is 6.54 Å². The molecule has 0 aliphatic heterocycles. The van der Waals surface area contributed by atoms with Crippen LogP contribution in [0.3, 0.4) is 0 Å². The van der Waals surface area contributed by atoms with Crippen LogP contribution in [-0.4, -0.2) is 23.9 Å². The molecular formula is C5H10N2O2. The summed E-state index contributed by atoms with van der Waals surface area (Å²) in [5.41, 5.74) is 8.62. The molecule has 52 valence electrons. The van der Waals surface area contributed by atoms with E-state index in [1.54, 1.807) is 13.8 Å². The van der Waals surface area contributed by atoms with Crippen LogP contribution in [0, 0.1) is 0 Å². The Morgan fingerprint density at radius 2 is 2.22 bits per heavy atom. The molecule has 4 heteroatoms. The van der Waals surface area contributed by atoms with E-state index in [1.165, 1.54) is 0 Å². The second-order valence-electron chi connectivity index (χ2n) is 1.41. The van der Waals surface area contributed by atoms with E-state index in [0.29, 0.717) is 4.70 Å². The second-order valence-corrected chi connectivity index (χ2v) is 1.41. The minimum atomic E-state index is -0.694. The van der Waals surface area contributed by atoms with Crippen LogP contribution in [0.25, 0.3) is 5.53 Å². The molecule has 0 bridgehead atoms. The van der Waals surface area contributed by atoms with E-state index in [2.05, 4.69) is 4.74 Å². The van der Waals surface area contributed by atoms with Crippen molar-refractivity contribution in [1.29, 1.82) is 0 Å². The molecule has 0 aliphatic rings. The highest BCUT2D eigenvalue weighted by atomic mass is 16.5. The van der Waals surface area contributed by atoms with Crippen LogP contribution in [0.2, 0.25) is 0 Å². The van der Waals surface area contributed by atoms with Crippen molar-refractivity contribution in [3.63, 3.8) is 0 Å². The average Bonchev–Trinajstić information content (AvgIpc) is 1.87. The molecular weight excluding hydrogens is 120 g/mol. The van der Waals surface area contributed by atoms with E-state index in [-0.39, 0.29) is 13.2 Å². The average molecular weight is 130 g/mol. The van der Waals surface area contributed by atoms with Crippen molar-refractivity contribution in [3.8, 4) is 0 Å². The first kappa shape index (κ1) is 8.07.